The van der Waals surface area contributed by atoms with Gasteiger partial charge in [-0.05, 0) is 52.2 Å². The van der Waals surface area contributed by atoms with Crippen LogP contribution in [0.3, 0.4) is 0 Å². The van der Waals surface area contributed by atoms with Gasteiger partial charge in [-0.25, -0.2) is 23.0 Å². The molecule has 2 aromatic rings. The van der Waals surface area contributed by atoms with Crippen molar-refractivity contribution in [3.8, 4) is 12.3 Å². The molecule has 2 atom stereocenters. The summed E-state index contributed by atoms with van der Waals surface area (Å²) < 4.78 is 32.2. The molecular formula is C30H42N6O6S. The van der Waals surface area contributed by atoms with Crippen molar-refractivity contribution >= 4 is 39.5 Å². The Bertz CT molecular complexity index is 1430. The molecule has 1 saturated heterocycles. The average Bonchev–Trinajstić information content (AvgIpc) is 3.42. The number of rotatable bonds is 12. The van der Waals surface area contributed by atoms with Gasteiger partial charge in [0.15, 0.2) is 5.82 Å². The Kier molecular flexibility index (Phi) is 10.9. The molecule has 0 spiro atoms. The predicted molar refractivity (Wildman–Crippen MR) is 167 cm³/mol. The summed E-state index contributed by atoms with van der Waals surface area (Å²) >= 11 is 0. The highest BCUT2D eigenvalue weighted by atomic mass is 32.2. The van der Waals surface area contributed by atoms with Crippen LogP contribution in [-0.2, 0) is 26.0 Å². The van der Waals surface area contributed by atoms with Crippen LogP contribution in [0, 0.1) is 12.3 Å². The first-order valence-corrected chi connectivity index (χ1v) is 16.1. The van der Waals surface area contributed by atoms with E-state index in [1.165, 1.54) is 11.1 Å². The highest BCUT2D eigenvalue weighted by molar-refractivity contribution is 7.92. The minimum Gasteiger partial charge on any atom is -0.465 e. The van der Waals surface area contributed by atoms with Crippen LogP contribution in [0.15, 0.2) is 30.5 Å². The van der Waals surface area contributed by atoms with Crippen molar-refractivity contribution in [2.45, 2.75) is 65.0 Å². The molecule has 0 saturated carbocycles. The van der Waals surface area contributed by atoms with Crippen LogP contribution >= 0.6 is 0 Å². The molecule has 2 N–H and O–H groups in total. The molecule has 0 aliphatic carbocycles. The Hall–Kier alpha value is -4.05. The second-order valence-electron chi connectivity index (χ2n) is 11.4. The summed E-state index contributed by atoms with van der Waals surface area (Å²) in [6.45, 7) is 11.1. The monoisotopic (exact) mass is 614 g/mol. The van der Waals surface area contributed by atoms with Gasteiger partial charge in [-0.1, -0.05) is 30.2 Å². The van der Waals surface area contributed by atoms with E-state index in [1.807, 2.05) is 43.0 Å². The SMILES string of the molecule is C#CCN(c1cnc(N(CC)CC)nc1NC(Cc1ccc(C2CCN(C(=O)O)C2)cc1)C(=O)OC(C)(C)C)S(C)(=O)=O. The number of sulfonamides is 1. The number of terminal acetylenes is 1. The van der Waals surface area contributed by atoms with Crippen LogP contribution in [0.2, 0.25) is 0 Å². The molecular weight excluding hydrogens is 572 g/mol. The number of ether oxygens (including phenoxy) is 1. The molecule has 1 aromatic carbocycles. The molecule has 12 nitrogen and oxygen atoms in total. The van der Waals surface area contributed by atoms with Crippen molar-refractivity contribution in [2.24, 2.45) is 0 Å². The third kappa shape index (κ3) is 8.97. The third-order valence-corrected chi connectivity index (χ3v) is 8.19. The van der Waals surface area contributed by atoms with Gasteiger partial charge in [-0.2, -0.15) is 4.98 Å². The summed E-state index contributed by atoms with van der Waals surface area (Å²) in [7, 11) is -3.81. The zero-order valence-corrected chi connectivity index (χ0v) is 26.5. The van der Waals surface area contributed by atoms with Gasteiger partial charge >= 0.3 is 12.1 Å². The van der Waals surface area contributed by atoms with Gasteiger partial charge in [0, 0.05) is 38.5 Å². The van der Waals surface area contributed by atoms with E-state index in [4.69, 9.17) is 11.2 Å². The van der Waals surface area contributed by atoms with E-state index in [1.54, 1.807) is 20.8 Å². The Morgan fingerprint density at radius 2 is 1.88 bits per heavy atom. The van der Waals surface area contributed by atoms with Gasteiger partial charge in [-0.15, -0.1) is 6.42 Å². The normalized spacial score (nSPS) is 15.8. The molecule has 43 heavy (non-hydrogen) atoms. The predicted octanol–water partition coefficient (Wildman–Crippen LogP) is 3.55. The van der Waals surface area contributed by atoms with Gasteiger partial charge < -0.3 is 25.0 Å². The maximum atomic E-state index is 13.5. The van der Waals surface area contributed by atoms with Crippen molar-refractivity contribution in [1.82, 2.24) is 14.9 Å². The topological polar surface area (TPSA) is 145 Å². The van der Waals surface area contributed by atoms with Gasteiger partial charge in [0.1, 0.15) is 17.3 Å². The largest absolute Gasteiger partial charge is 0.465 e. The Morgan fingerprint density at radius 3 is 2.40 bits per heavy atom. The molecule has 3 rings (SSSR count). The van der Waals surface area contributed by atoms with E-state index in [2.05, 4.69) is 21.2 Å². The number of nitrogens with zero attached hydrogens (tertiary/aromatic N) is 5. The fraction of sp³-hybridized carbons (Fsp3) is 0.533. The molecule has 1 fully saturated rings. The third-order valence-electron chi connectivity index (χ3n) is 7.06. The molecule has 234 valence electrons. The number of hydrogen-bond donors (Lipinski definition) is 2. The first-order valence-electron chi connectivity index (χ1n) is 14.3. The number of aromatic nitrogens is 2. The first-order chi connectivity index (χ1) is 20.2. The highest BCUT2D eigenvalue weighted by Gasteiger charge is 2.30. The molecule has 0 radical (unpaired) electrons. The van der Waals surface area contributed by atoms with Gasteiger partial charge in [0.2, 0.25) is 16.0 Å². The lowest BCUT2D eigenvalue weighted by Crippen LogP contribution is -2.39. The number of likely N-dealkylation sites (tertiary alicyclic amines) is 1. The zero-order valence-electron chi connectivity index (χ0n) is 25.7. The minimum absolute atomic E-state index is 0.102. The Labute approximate surface area is 254 Å². The van der Waals surface area contributed by atoms with Gasteiger partial charge in [0.25, 0.3) is 0 Å². The molecule has 1 amide bonds. The van der Waals surface area contributed by atoms with Crippen molar-refractivity contribution in [3.63, 3.8) is 0 Å². The first kappa shape index (κ1) is 33.5. The molecule has 2 unspecified atom stereocenters. The summed E-state index contributed by atoms with van der Waals surface area (Å²) in [5, 5.41) is 12.5. The standard InChI is InChI=1S/C30H42N6O6S/c1-8-16-36(43(7,40)41)25-19-31-28(34(9-2)10-3)33-26(25)32-24(27(37)42-30(4,5)6)18-21-11-13-22(14-12-21)23-15-17-35(20-23)29(38)39/h1,11-14,19,23-24H,9-10,15-18,20H2,2-7H3,(H,38,39)(H,31,32,33). The fourth-order valence-corrected chi connectivity index (χ4v) is 5.68. The van der Waals surface area contributed by atoms with E-state index in [0.717, 1.165) is 28.1 Å². The summed E-state index contributed by atoms with van der Waals surface area (Å²) in [5.74, 6) is 2.43. The van der Waals surface area contributed by atoms with Crippen LogP contribution in [0.25, 0.3) is 0 Å². The van der Waals surface area contributed by atoms with E-state index in [9.17, 15) is 23.1 Å². The lowest BCUT2D eigenvalue weighted by Gasteiger charge is -2.28. The number of hydrogen-bond acceptors (Lipinski definition) is 9. The Balaban J connectivity index is 2.00. The maximum absolute atomic E-state index is 13.5. The average molecular weight is 615 g/mol. The van der Waals surface area contributed by atoms with Crippen LogP contribution in [-0.4, -0.2) is 91.1 Å². The minimum atomic E-state index is -3.81. The van der Waals surface area contributed by atoms with E-state index in [-0.39, 0.29) is 30.4 Å². The number of benzene rings is 1. The molecule has 1 aliphatic heterocycles. The summed E-state index contributed by atoms with van der Waals surface area (Å²) in [5.41, 5.74) is 1.19. The number of amides is 1. The molecule has 2 heterocycles. The van der Waals surface area contributed by atoms with Crippen molar-refractivity contribution in [2.75, 3.05) is 53.5 Å². The smallest absolute Gasteiger partial charge is 0.407 e. The number of carbonyl (C=O) groups excluding carboxylic acids is 1. The summed E-state index contributed by atoms with van der Waals surface area (Å²) in [6.07, 6.45) is 7.97. The second-order valence-corrected chi connectivity index (χ2v) is 13.3. The summed E-state index contributed by atoms with van der Waals surface area (Å²) in [6, 6.07) is 6.77. The number of carboxylic acid groups (broad SMARTS) is 1. The van der Waals surface area contributed by atoms with E-state index >= 15 is 0 Å². The lowest BCUT2D eigenvalue weighted by atomic mass is 9.96. The molecule has 1 aliphatic rings. The van der Waals surface area contributed by atoms with Crippen molar-refractivity contribution < 1.29 is 27.9 Å². The zero-order chi connectivity index (χ0) is 31.9. The van der Waals surface area contributed by atoms with E-state index in [0.29, 0.717) is 32.1 Å². The number of nitrogens with one attached hydrogen (secondary N) is 1. The Morgan fingerprint density at radius 1 is 1.23 bits per heavy atom. The van der Waals surface area contributed by atoms with Crippen LogP contribution in [0.4, 0.5) is 22.2 Å². The van der Waals surface area contributed by atoms with Gasteiger partial charge in [-0.3, -0.25) is 4.31 Å². The maximum Gasteiger partial charge on any atom is 0.407 e. The van der Waals surface area contributed by atoms with Crippen LogP contribution in [0.1, 0.15) is 58.1 Å². The van der Waals surface area contributed by atoms with Crippen molar-refractivity contribution in [3.05, 3.63) is 41.6 Å². The van der Waals surface area contributed by atoms with Crippen LogP contribution in [0.5, 0.6) is 0 Å². The quantitative estimate of drug-likeness (QED) is 0.269. The van der Waals surface area contributed by atoms with Gasteiger partial charge in [0.05, 0.1) is 19.0 Å². The van der Waals surface area contributed by atoms with E-state index < -0.39 is 33.7 Å². The summed E-state index contributed by atoms with van der Waals surface area (Å²) in [4.78, 5) is 37.2. The second kappa shape index (κ2) is 13.9. The lowest BCUT2D eigenvalue weighted by molar-refractivity contribution is -0.155. The number of anilines is 3. The van der Waals surface area contributed by atoms with Crippen LogP contribution < -0.4 is 14.5 Å². The van der Waals surface area contributed by atoms with Crippen molar-refractivity contribution in [1.29, 1.82) is 0 Å². The molecule has 1 aromatic heterocycles. The highest BCUT2D eigenvalue weighted by Crippen LogP contribution is 2.30. The number of carbonyl (C=O) groups is 2. The molecule has 13 heteroatoms. The molecule has 0 bridgehead atoms. The number of esters is 1. The fourth-order valence-electron chi connectivity index (χ4n) is 4.88.